The number of piperazine rings is 1. The second kappa shape index (κ2) is 5.32. The Hall–Kier alpha value is -1.01. The maximum Gasteiger partial charge on any atom is 0.257 e. The lowest BCUT2D eigenvalue weighted by Gasteiger charge is -2.32. The fourth-order valence-electron chi connectivity index (χ4n) is 1.89. The minimum absolute atomic E-state index is 0.216. The summed E-state index contributed by atoms with van der Waals surface area (Å²) in [5.74, 6) is -2.55. The highest BCUT2D eigenvalue weighted by Gasteiger charge is 2.24. The van der Waals surface area contributed by atoms with E-state index in [0.717, 1.165) is 19.2 Å². The van der Waals surface area contributed by atoms with E-state index in [2.05, 4.69) is 20.8 Å². The Morgan fingerprint density at radius 1 is 1.22 bits per heavy atom. The summed E-state index contributed by atoms with van der Waals surface area (Å²) < 4.78 is 27.2. The molecule has 0 aliphatic carbocycles. The molecule has 0 radical (unpaired) electrons. The summed E-state index contributed by atoms with van der Waals surface area (Å²) >= 11 is 3.06. The average Bonchev–Trinajstić information content (AvgIpc) is 2.34. The minimum Gasteiger partial charge on any atom is -0.336 e. The van der Waals surface area contributed by atoms with Crippen LogP contribution in [0.2, 0.25) is 0 Å². The number of carbonyl (C=O) groups is 1. The van der Waals surface area contributed by atoms with Gasteiger partial charge in [0.25, 0.3) is 5.91 Å². The van der Waals surface area contributed by atoms with Crippen LogP contribution in [0.3, 0.4) is 0 Å². The molecule has 2 rings (SSSR count). The van der Waals surface area contributed by atoms with Gasteiger partial charge in [-0.15, -0.1) is 0 Å². The zero-order chi connectivity index (χ0) is 13.3. The van der Waals surface area contributed by atoms with Gasteiger partial charge in [-0.2, -0.15) is 0 Å². The van der Waals surface area contributed by atoms with Gasteiger partial charge in [-0.1, -0.05) is 15.9 Å². The number of likely N-dealkylation sites (N-methyl/N-ethyl adjacent to an activating group) is 1. The first-order chi connectivity index (χ1) is 8.49. The number of hydrogen-bond donors (Lipinski definition) is 0. The summed E-state index contributed by atoms with van der Waals surface area (Å²) in [6.07, 6.45) is 0. The molecule has 0 aromatic heterocycles. The van der Waals surface area contributed by atoms with Gasteiger partial charge in [-0.3, -0.25) is 4.79 Å². The van der Waals surface area contributed by atoms with Crippen LogP contribution in [0.25, 0.3) is 0 Å². The molecule has 0 spiro atoms. The molecule has 0 unspecified atom stereocenters. The molecule has 1 aliphatic rings. The Morgan fingerprint density at radius 2 is 1.83 bits per heavy atom. The third-order valence-electron chi connectivity index (χ3n) is 3.01. The van der Waals surface area contributed by atoms with Gasteiger partial charge < -0.3 is 9.80 Å². The largest absolute Gasteiger partial charge is 0.336 e. The molecule has 1 heterocycles. The number of amides is 1. The van der Waals surface area contributed by atoms with Crippen LogP contribution < -0.4 is 0 Å². The number of halogens is 3. The van der Waals surface area contributed by atoms with Gasteiger partial charge in [-0.25, -0.2) is 8.78 Å². The van der Waals surface area contributed by atoms with Crippen LogP contribution in [0.1, 0.15) is 10.4 Å². The van der Waals surface area contributed by atoms with Crippen molar-refractivity contribution in [2.75, 3.05) is 33.2 Å². The molecule has 1 amide bonds. The van der Waals surface area contributed by atoms with E-state index in [1.807, 2.05) is 7.05 Å². The molecule has 1 saturated heterocycles. The van der Waals surface area contributed by atoms with E-state index >= 15 is 0 Å². The topological polar surface area (TPSA) is 23.6 Å². The van der Waals surface area contributed by atoms with Gasteiger partial charge in [0.1, 0.15) is 0 Å². The second-order valence-electron chi connectivity index (χ2n) is 4.34. The van der Waals surface area contributed by atoms with Crippen LogP contribution in [0.5, 0.6) is 0 Å². The number of benzene rings is 1. The van der Waals surface area contributed by atoms with Gasteiger partial charge in [0.15, 0.2) is 11.6 Å². The van der Waals surface area contributed by atoms with Gasteiger partial charge in [-0.05, 0) is 19.2 Å². The second-order valence-corrected chi connectivity index (χ2v) is 5.26. The van der Waals surface area contributed by atoms with Crippen LogP contribution in [-0.2, 0) is 0 Å². The van der Waals surface area contributed by atoms with E-state index in [1.54, 1.807) is 4.90 Å². The van der Waals surface area contributed by atoms with Crippen molar-refractivity contribution in [2.24, 2.45) is 0 Å². The summed E-state index contributed by atoms with van der Waals surface area (Å²) in [6, 6.07) is 2.33. The van der Waals surface area contributed by atoms with Crippen molar-refractivity contribution in [3.05, 3.63) is 33.8 Å². The van der Waals surface area contributed by atoms with Crippen LogP contribution in [-0.4, -0.2) is 48.9 Å². The summed E-state index contributed by atoms with van der Waals surface area (Å²) in [6.45, 7) is 2.54. The molecular formula is C12H13BrF2N2O. The van der Waals surface area contributed by atoms with E-state index in [-0.39, 0.29) is 5.56 Å². The average molecular weight is 319 g/mol. The minimum atomic E-state index is -1.08. The molecule has 3 nitrogen and oxygen atoms in total. The molecule has 98 valence electrons. The Balaban J connectivity index is 2.23. The molecule has 1 aromatic carbocycles. The first-order valence-corrected chi connectivity index (χ1v) is 6.40. The van der Waals surface area contributed by atoms with Crippen molar-refractivity contribution < 1.29 is 13.6 Å². The maximum atomic E-state index is 13.6. The summed E-state index contributed by atoms with van der Waals surface area (Å²) in [4.78, 5) is 15.7. The number of rotatable bonds is 1. The molecule has 6 heteroatoms. The Morgan fingerprint density at radius 3 is 2.44 bits per heavy atom. The normalized spacial score (nSPS) is 17.0. The molecule has 1 aliphatic heterocycles. The highest BCUT2D eigenvalue weighted by Crippen LogP contribution is 2.21. The lowest BCUT2D eigenvalue weighted by atomic mass is 10.1. The van der Waals surface area contributed by atoms with E-state index in [4.69, 9.17) is 0 Å². The molecule has 0 saturated carbocycles. The van der Waals surface area contributed by atoms with E-state index in [0.29, 0.717) is 17.6 Å². The van der Waals surface area contributed by atoms with Gasteiger partial charge in [0, 0.05) is 30.7 Å². The van der Waals surface area contributed by atoms with Crippen molar-refractivity contribution in [3.8, 4) is 0 Å². The van der Waals surface area contributed by atoms with Crippen molar-refractivity contribution in [2.45, 2.75) is 0 Å². The van der Waals surface area contributed by atoms with E-state index in [9.17, 15) is 13.6 Å². The standard InChI is InChI=1S/C12H13BrF2N2O/c1-16-2-4-17(5-3-16)12(18)9-6-8(13)7-10(14)11(9)15/h6-7H,2-5H2,1H3. The Labute approximate surface area is 112 Å². The quantitative estimate of drug-likeness (QED) is 0.740. The van der Waals surface area contributed by atoms with Gasteiger partial charge in [0.2, 0.25) is 0 Å². The zero-order valence-electron chi connectivity index (χ0n) is 9.92. The molecule has 0 N–H and O–H groups in total. The maximum absolute atomic E-state index is 13.6. The van der Waals surface area contributed by atoms with Crippen LogP contribution >= 0.6 is 15.9 Å². The zero-order valence-corrected chi connectivity index (χ0v) is 11.5. The number of carbonyl (C=O) groups excluding carboxylic acids is 1. The molecule has 18 heavy (non-hydrogen) atoms. The smallest absolute Gasteiger partial charge is 0.257 e. The molecule has 1 aromatic rings. The van der Waals surface area contributed by atoms with Crippen molar-refractivity contribution in [1.29, 1.82) is 0 Å². The molecule has 0 atom stereocenters. The molecule has 0 bridgehead atoms. The van der Waals surface area contributed by atoms with Crippen LogP contribution in [0.4, 0.5) is 8.78 Å². The first-order valence-electron chi connectivity index (χ1n) is 5.61. The van der Waals surface area contributed by atoms with Crippen LogP contribution in [0, 0.1) is 11.6 Å². The third kappa shape index (κ3) is 2.70. The van der Waals surface area contributed by atoms with Crippen molar-refractivity contribution >= 4 is 21.8 Å². The van der Waals surface area contributed by atoms with Gasteiger partial charge in [0.05, 0.1) is 5.56 Å². The van der Waals surface area contributed by atoms with Gasteiger partial charge >= 0.3 is 0 Å². The lowest BCUT2D eigenvalue weighted by Crippen LogP contribution is -2.47. The van der Waals surface area contributed by atoms with Crippen molar-refractivity contribution in [1.82, 2.24) is 9.80 Å². The highest BCUT2D eigenvalue weighted by atomic mass is 79.9. The predicted molar refractivity (Wildman–Crippen MR) is 67.5 cm³/mol. The Kier molecular flexibility index (Phi) is 3.97. The fraction of sp³-hybridized carbons (Fsp3) is 0.417. The van der Waals surface area contributed by atoms with E-state index < -0.39 is 17.5 Å². The monoisotopic (exact) mass is 318 g/mol. The van der Waals surface area contributed by atoms with Crippen LogP contribution in [0.15, 0.2) is 16.6 Å². The Bertz CT molecular complexity index is 473. The fourth-order valence-corrected chi connectivity index (χ4v) is 2.32. The summed E-state index contributed by atoms with van der Waals surface area (Å²) in [7, 11) is 1.96. The lowest BCUT2D eigenvalue weighted by molar-refractivity contribution is 0.0658. The van der Waals surface area contributed by atoms with Crippen molar-refractivity contribution in [3.63, 3.8) is 0 Å². The highest BCUT2D eigenvalue weighted by molar-refractivity contribution is 9.10. The first kappa shape index (κ1) is 13.4. The SMILES string of the molecule is CN1CCN(C(=O)c2cc(Br)cc(F)c2F)CC1. The number of nitrogens with zero attached hydrogens (tertiary/aromatic N) is 2. The van der Waals surface area contributed by atoms with E-state index in [1.165, 1.54) is 6.07 Å². The summed E-state index contributed by atoms with van der Waals surface area (Å²) in [5.41, 5.74) is -0.216. The summed E-state index contributed by atoms with van der Waals surface area (Å²) in [5, 5.41) is 0. The molecular weight excluding hydrogens is 306 g/mol. The third-order valence-corrected chi connectivity index (χ3v) is 3.47. The predicted octanol–water partition coefficient (Wildman–Crippen LogP) is 2.11. The molecule has 1 fully saturated rings. The number of hydrogen-bond acceptors (Lipinski definition) is 2.